The minimum Gasteiger partial charge on any atom is -0.375 e. The Bertz CT molecular complexity index is 236. The van der Waals surface area contributed by atoms with Gasteiger partial charge in [0.2, 0.25) is 0 Å². The number of hydrogen-bond acceptors (Lipinski definition) is 3. The molecule has 0 aromatic heterocycles. The molecule has 1 heterocycles. The molecule has 1 fully saturated rings. The quantitative estimate of drug-likeness (QED) is 0.728. The molecule has 0 aliphatic carbocycles. The third-order valence-corrected chi connectivity index (χ3v) is 3.18. The van der Waals surface area contributed by atoms with E-state index in [-0.39, 0.29) is 17.3 Å². The van der Waals surface area contributed by atoms with Crippen molar-refractivity contribution in [3.05, 3.63) is 0 Å². The van der Waals surface area contributed by atoms with Crippen LogP contribution < -0.4 is 5.32 Å². The average Bonchev–Trinajstić information content (AvgIpc) is 2.33. The van der Waals surface area contributed by atoms with Crippen molar-refractivity contribution < 1.29 is 9.47 Å². The second-order valence-electron chi connectivity index (χ2n) is 6.49. The van der Waals surface area contributed by atoms with E-state index in [1.54, 1.807) is 0 Å². The molecule has 1 aliphatic rings. The molecule has 1 atom stereocenters. The van der Waals surface area contributed by atoms with Gasteiger partial charge in [0.25, 0.3) is 0 Å². The van der Waals surface area contributed by atoms with E-state index in [4.69, 9.17) is 9.47 Å². The Hall–Kier alpha value is -0.120. The van der Waals surface area contributed by atoms with Gasteiger partial charge in [-0.3, -0.25) is 0 Å². The Labute approximate surface area is 106 Å². The second kappa shape index (κ2) is 5.68. The van der Waals surface area contributed by atoms with E-state index in [9.17, 15) is 0 Å². The van der Waals surface area contributed by atoms with Crippen LogP contribution in [0.25, 0.3) is 0 Å². The summed E-state index contributed by atoms with van der Waals surface area (Å²) in [6, 6.07) is 0.556. The summed E-state index contributed by atoms with van der Waals surface area (Å²) in [5.41, 5.74) is -0.209. The summed E-state index contributed by atoms with van der Waals surface area (Å²) in [4.78, 5) is 0. The lowest BCUT2D eigenvalue weighted by atomic mass is 9.97. The van der Waals surface area contributed by atoms with E-state index >= 15 is 0 Å². The molecule has 1 rings (SSSR count). The zero-order chi connectivity index (χ0) is 13.1. The fourth-order valence-electron chi connectivity index (χ4n) is 2.46. The van der Waals surface area contributed by atoms with Crippen molar-refractivity contribution in [2.24, 2.45) is 0 Å². The van der Waals surface area contributed by atoms with Crippen LogP contribution in [0, 0.1) is 0 Å². The summed E-state index contributed by atoms with van der Waals surface area (Å²) in [7, 11) is 0. The van der Waals surface area contributed by atoms with Crippen molar-refractivity contribution >= 4 is 0 Å². The summed E-state index contributed by atoms with van der Waals surface area (Å²) < 4.78 is 12.0. The van der Waals surface area contributed by atoms with Crippen LogP contribution in [0.15, 0.2) is 0 Å². The predicted molar refractivity (Wildman–Crippen MR) is 71.4 cm³/mol. The molecule has 0 saturated carbocycles. The minimum absolute atomic E-state index is 0.0512. The van der Waals surface area contributed by atoms with Gasteiger partial charge >= 0.3 is 0 Å². The molecular weight excluding hydrogens is 214 g/mol. The van der Waals surface area contributed by atoms with Gasteiger partial charge in [0.1, 0.15) is 0 Å². The maximum absolute atomic E-state index is 6.00. The lowest BCUT2D eigenvalue weighted by Gasteiger charge is -2.27. The molecule has 1 saturated heterocycles. The molecule has 0 bridgehead atoms. The van der Waals surface area contributed by atoms with Crippen molar-refractivity contribution in [2.75, 3.05) is 13.2 Å². The van der Waals surface area contributed by atoms with Crippen LogP contribution >= 0.6 is 0 Å². The summed E-state index contributed by atoms with van der Waals surface area (Å²) in [5, 5.41) is 3.40. The van der Waals surface area contributed by atoms with E-state index in [1.807, 2.05) is 0 Å². The molecule has 3 nitrogen and oxygen atoms in total. The first-order valence-corrected chi connectivity index (χ1v) is 6.78. The molecular formula is C14H29NO2. The fraction of sp³-hybridized carbons (Fsp3) is 1.00. The summed E-state index contributed by atoms with van der Waals surface area (Å²) in [6.45, 7) is 14.7. The Morgan fingerprint density at radius 2 is 1.94 bits per heavy atom. The zero-order valence-electron chi connectivity index (χ0n) is 12.3. The van der Waals surface area contributed by atoms with Gasteiger partial charge in [-0.25, -0.2) is 0 Å². The fourth-order valence-corrected chi connectivity index (χ4v) is 2.46. The van der Waals surface area contributed by atoms with Gasteiger partial charge in [0, 0.05) is 19.1 Å². The molecule has 3 heteroatoms. The summed E-state index contributed by atoms with van der Waals surface area (Å²) >= 11 is 0. The number of ether oxygens (including phenoxy) is 2. The maximum atomic E-state index is 6.00. The first kappa shape index (κ1) is 14.9. The molecule has 102 valence electrons. The Balaban J connectivity index is 2.23. The van der Waals surface area contributed by atoms with Crippen LogP contribution in [0.3, 0.4) is 0 Å². The minimum atomic E-state index is -0.158. The van der Waals surface area contributed by atoms with E-state index in [2.05, 4.69) is 46.9 Å². The van der Waals surface area contributed by atoms with E-state index in [0.29, 0.717) is 6.04 Å². The molecule has 1 unspecified atom stereocenters. The van der Waals surface area contributed by atoms with Crippen molar-refractivity contribution in [1.82, 2.24) is 5.32 Å². The lowest BCUT2D eigenvalue weighted by molar-refractivity contribution is -0.103. The topological polar surface area (TPSA) is 30.5 Å². The lowest BCUT2D eigenvalue weighted by Crippen LogP contribution is -2.35. The van der Waals surface area contributed by atoms with Crippen LogP contribution in [0.1, 0.15) is 54.4 Å². The highest BCUT2D eigenvalue weighted by Crippen LogP contribution is 2.38. The Kier molecular flexibility index (Phi) is 4.99. The highest BCUT2D eigenvalue weighted by Gasteiger charge is 2.46. The summed E-state index contributed by atoms with van der Waals surface area (Å²) in [6.07, 6.45) is 2.26. The van der Waals surface area contributed by atoms with Crippen LogP contribution in [-0.2, 0) is 9.47 Å². The van der Waals surface area contributed by atoms with Crippen molar-refractivity contribution in [2.45, 2.75) is 77.7 Å². The van der Waals surface area contributed by atoms with Crippen molar-refractivity contribution in [1.29, 1.82) is 0 Å². The van der Waals surface area contributed by atoms with E-state index < -0.39 is 0 Å². The van der Waals surface area contributed by atoms with Gasteiger partial charge < -0.3 is 14.8 Å². The van der Waals surface area contributed by atoms with Gasteiger partial charge in [0.05, 0.1) is 17.3 Å². The Morgan fingerprint density at radius 3 is 2.41 bits per heavy atom. The molecule has 1 aliphatic heterocycles. The summed E-state index contributed by atoms with van der Waals surface area (Å²) in [5.74, 6) is 0. The molecule has 0 amide bonds. The van der Waals surface area contributed by atoms with Crippen molar-refractivity contribution in [3.63, 3.8) is 0 Å². The van der Waals surface area contributed by atoms with Gasteiger partial charge in [-0.2, -0.15) is 0 Å². The highest BCUT2D eigenvalue weighted by atomic mass is 16.6. The van der Waals surface area contributed by atoms with Crippen LogP contribution in [0.4, 0.5) is 0 Å². The molecule has 0 radical (unpaired) electrons. The van der Waals surface area contributed by atoms with Gasteiger partial charge in [-0.1, -0.05) is 13.8 Å². The first-order chi connectivity index (χ1) is 7.73. The molecule has 0 spiro atoms. The maximum Gasteiger partial charge on any atom is 0.0895 e. The van der Waals surface area contributed by atoms with Crippen LogP contribution in [-0.4, -0.2) is 36.5 Å². The molecule has 0 aromatic rings. The van der Waals surface area contributed by atoms with Crippen LogP contribution in [0.2, 0.25) is 0 Å². The van der Waals surface area contributed by atoms with Gasteiger partial charge in [0.15, 0.2) is 0 Å². The third-order valence-electron chi connectivity index (χ3n) is 3.18. The normalized spacial score (nSPS) is 26.6. The average molecular weight is 243 g/mol. The first-order valence-electron chi connectivity index (χ1n) is 6.78. The van der Waals surface area contributed by atoms with E-state index in [1.165, 1.54) is 0 Å². The standard InChI is InChI=1S/C14H29NO2/c1-11(2)15-8-7-9-16-12-10-13(3,4)17-14(12,5)6/h11-12,15H,7-10H2,1-6H3. The Morgan fingerprint density at radius 1 is 1.29 bits per heavy atom. The zero-order valence-corrected chi connectivity index (χ0v) is 12.3. The molecule has 0 aromatic carbocycles. The number of hydrogen-bond donors (Lipinski definition) is 1. The molecule has 1 N–H and O–H groups in total. The highest BCUT2D eigenvalue weighted by molar-refractivity contribution is 4.95. The number of nitrogens with one attached hydrogen (secondary N) is 1. The van der Waals surface area contributed by atoms with Crippen LogP contribution in [0.5, 0.6) is 0 Å². The third kappa shape index (κ3) is 4.94. The predicted octanol–water partition coefficient (Wildman–Crippen LogP) is 2.74. The largest absolute Gasteiger partial charge is 0.375 e. The van der Waals surface area contributed by atoms with E-state index in [0.717, 1.165) is 26.0 Å². The van der Waals surface area contributed by atoms with Gasteiger partial charge in [-0.15, -0.1) is 0 Å². The molecule has 17 heavy (non-hydrogen) atoms. The SMILES string of the molecule is CC(C)NCCCOC1CC(C)(C)OC1(C)C. The second-order valence-corrected chi connectivity index (χ2v) is 6.49. The van der Waals surface area contributed by atoms with Gasteiger partial charge in [-0.05, 0) is 40.7 Å². The van der Waals surface area contributed by atoms with Crippen molar-refractivity contribution in [3.8, 4) is 0 Å². The monoisotopic (exact) mass is 243 g/mol. The smallest absolute Gasteiger partial charge is 0.0895 e. The number of rotatable bonds is 6.